The Bertz CT molecular complexity index is 889. The number of amides is 1. The van der Waals surface area contributed by atoms with E-state index in [-0.39, 0.29) is 5.91 Å². The van der Waals surface area contributed by atoms with Crippen LogP contribution in [0.5, 0.6) is 0 Å². The molecule has 1 aliphatic rings. The maximum Gasteiger partial charge on any atom is 0.256 e. The summed E-state index contributed by atoms with van der Waals surface area (Å²) >= 11 is 0. The number of nitrogens with zero attached hydrogens (tertiary/aromatic N) is 4. The zero-order chi connectivity index (χ0) is 19.2. The highest BCUT2D eigenvalue weighted by atomic mass is 16.2. The lowest BCUT2D eigenvalue weighted by atomic mass is 9.90. The van der Waals surface area contributed by atoms with Crippen LogP contribution < -0.4 is 0 Å². The molecule has 0 aliphatic carbocycles. The van der Waals surface area contributed by atoms with Crippen LogP contribution >= 0.6 is 0 Å². The van der Waals surface area contributed by atoms with E-state index in [4.69, 9.17) is 0 Å². The van der Waals surface area contributed by atoms with E-state index in [1.165, 1.54) is 12.0 Å². The Labute approximate surface area is 165 Å². The van der Waals surface area contributed by atoms with Crippen molar-refractivity contribution < 1.29 is 4.79 Å². The van der Waals surface area contributed by atoms with Crippen molar-refractivity contribution >= 4 is 5.91 Å². The number of rotatable bonds is 5. The van der Waals surface area contributed by atoms with E-state index in [0.29, 0.717) is 17.3 Å². The van der Waals surface area contributed by atoms with Crippen LogP contribution in [0.1, 0.15) is 35.2 Å². The molecule has 142 valence electrons. The third-order valence-corrected chi connectivity index (χ3v) is 5.40. The Balaban J connectivity index is 1.30. The number of aryl methyl sites for hydroxylation is 1. The highest BCUT2D eigenvalue weighted by Gasteiger charge is 2.24. The number of hydrogen-bond donors (Lipinski definition) is 0. The van der Waals surface area contributed by atoms with Gasteiger partial charge in [0.05, 0.1) is 5.56 Å². The average Bonchev–Trinajstić information content (AvgIpc) is 2.79. The van der Waals surface area contributed by atoms with Gasteiger partial charge in [0.2, 0.25) is 0 Å². The fraction of sp³-hybridized carbons (Fsp3) is 0.304. The van der Waals surface area contributed by atoms with Crippen molar-refractivity contribution in [3.63, 3.8) is 0 Å². The number of likely N-dealkylation sites (tertiary alicyclic amines) is 1. The van der Waals surface area contributed by atoms with E-state index in [9.17, 15) is 4.79 Å². The second-order valence-electron chi connectivity index (χ2n) is 7.30. The lowest BCUT2D eigenvalue weighted by Crippen LogP contribution is -2.38. The Morgan fingerprint density at radius 1 is 0.964 bits per heavy atom. The molecule has 0 atom stereocenters. The molecule has 1 aromatic carbocycles. The van der Waals surface area contributed by atoms with Crippen LogP contribution in [0, 0.1) is 5.92 Å². The molecule has 1 aliphatic heterocycles. The lowest BCUT2D eigenvalue weighted by molar-refractivity contribution is 0.0686. The van der Waals surface area contributed by atoms with Gasteiger partial charge >= 0.3 is 0 Å². The monoisotopic (exact) mass is 372 g/mol. The fourth-order valence-corrected chi connectivity index (χ4v) is 3.71. The summed E-state index contributed by atoms with van der Waals surface area (Å²) in [5, 5.41) is 0. The molecule has 1 fully saturated rings. The van der Waals surface area contributed by atoms with E-state index >= 15 is 0 Å². The van der Waals surface area contributed by atoms with Gasteiger partial charge in [-0.3, -0.25) is 9.78 Å². The summed E-state index contributed by atoms with van der Waals surface area (Å²) in [6.07, 6.45) is 11.1. The van der Waals surface area contributed by atoms with Crippen LogP contribution in [0.4, 0.5) is 0 Å². The van der Waals surface area contributed by atoms with Gasteiger partial charge in [-0.05, 0) is 49.3 Å². The number of benzene rings is 1. The highest BCUT2D eigenvalue weighted by Crippen LogP contribution is 2.23. The largest absolute Gasteiger partial charge is 0.339 e. The van der Waals surface area contributed by atoms with E-state index in [1.807, 2.05) is 17.0 Å². The topological polar surface area (TPSA) is 59.0 Å². The summed E-state index contributed by atoms with van der Waals surface area (Å²) in [4.78, 5) is 27.5. The molecular formula is C23H24N4O. The molecule has 0 radical (unpaired) electrons. The van der Waals surface area contributed by atoms with Crippen LogP contribution in [-0.2, 0) is 6.42 Å². The van der Waals surface area contributed by atoms with Crippen LogP contribution in [0.2, 0.25) is 0 Å². The number of carbonyl (C=O) groups excluding carboxylic acids is 1. The van der Waals surface area contributed by atoms with Gasteiger partial charge in [-0.25, -0.2) is 9.97 Å². The molecule has 3 heterocycles. The van der Waals surface area contributed by atoms with Gasteiger partial charge in [-0.1, -0.05) is 30.3 Å². The molecule has 1 saturated heterocycles. The smallest absolute Gasteiger partial charge is 0.256 e. The Kier molecular flexibility index (Phi) is 5.71. The standard InChI is InChI=1S/C23H24N4O/c28-23(21-16-25-22(26-17-21)20-7-4-12-24-15-20)27-13-10-19(11-14-27)9-8-18-5-2-1-3-6-18/h1-7,12,15-17,19H,8-11,13-14H2. The van der Waals surface area contributed by atoms with Crippen LogP contribution in [0.15, 0.2) is 67.3 Å². The molecule has 3 aromatic rings. The highest BCUT2D eigenvalue weighted by molar-refractivity contribution is 5.93. The summed E-state index contributed by atoms with van der Waals surface area (Å²) in [7, 11) is 0. The van der Waals surface area contributed by atoms with E-state index in [1.54, 1.807) is 24.8 Å². The van der Waals surface area contributed by atoms with Gasteiger partial charge in [0.1, 0.15) is 0 Å². The van der Waals surface area contributed by atoms with Gasteiger partial charge < -0.3 is 4.90 Å². The first-order valence-corrected chi connectivity index (χ1v) is 9.85. The third-order valence-electron chi connectivity index (χ3n) is 5.40. The van der Waals surface area contributed by atoms with E-state index in [2.05, 4.69) is 45.3 Å². The number of carbonyl (C=O) groups is 1. The number of hydrogen-bond acceptors (Lipinski definition) is 4. The quantitative estimate of drug-likeness (QED) is 0.679. The van der Waals surface area contributed by atoms with Crippen molar-refractivity contribution in [2.24, 2.45) is 5.92 Å². The molecule has 0 bridgehead atoms. The zero-order valence-electron chi connectivity index (χ0n) is 15.9. The first kappa shape index (κ1) is 18.3. The minimum Gasteiger partial charge on any atom is -0.339 e. The second kappa shape index (κ2) is 8.74. The second-order valence-corrected chi connectivity index (χ2v) is 7.30. The maximum atomic E-state index is 12.8. The summed E-state index contributed by atoms with van der Waals surface area (Å²) < 4.78 is 0. The first-order valence-electron chi connectivity index (χ1n) is 9.85. The third kappa shape index (κ3) is 4.42. The van der Waals surface area contributed by atoms with Gasteiger partial charge in [0.25, 0.3) is 5.91 Å². The molecule has 5 heteroatoms. The first-order chi connectivity index (χ1) is 13.8. The molecule has 4 rings (SSSR count). The molecule has 0 N–H and O–H groups in total. The van der Waals surface area contributed by atoms with Gasteiger partial charge in [-0.15, -0.1) is 0 Å². The maximum absolute atomic E-state index is 12.8. The lowest BCUT2D eigenvalue weighted by Gasteiger charge is -2.32. The van der Waals surface area contributed by atoms with E-state index < -0.39 is 0 Å². The average molecular weight is 372 g/mol. The van der Waals surface area contributed by atoms with Crippen LogP contribution in [0.3, 0.4) is 0 Å². The van der Waals surface area contributed by atoms with Crippen molar-refractivity contribution in [3.8, 4) is 11.4 Å². The predicted molar refractivity (Wildman–Crippen MR) is 109 cm³/mol. The number of piperidine rings is 1. The molecule has 0 saturated carbocycles. The summed E-state index contributed by atoms with van der Waals surface area (Å²) in [5.74, 6) is 1.30. The van der Waals surface area contributed by atoms with Gasteiger partial charge in [0.15, 0.2) is 5.82 Å². The SMILES string of the molecule is O=C(c1cnc(-c2cccnc2)nc1)N1CCC(CCc2ccccc2)CC1. The zero-order valence-corrected chi connectivity index (χ0v) is 15.9. The van der Waals surface area contributed by atoms with Crippen molar-refractivity contribution in [2.45, 2.75) is 25.7 Å². The number of pyridine rings is 1. The Morgan fingerprint density at radius 3 is 2.39 bits per heavy atom. The normalized spacial score (nSPS) is 14.8. The van der Waals surface area contributed by atoms with Gasteiger partial charge in [0, 0.05) is 43.4 Å². The number of aromatic nitrogens is 3. The van der Waals surface area contributed by atoms with Crippen molar-refractivity contribution in [1.29, 1.82) is 0 Å². The van der Waals surface area contributed by atoms with Crippen LogP contribution in [-0.4, -0.2) is 38.8 Å². The Morgan fingerprint density at radius 2 is 1.71 bits per heavy atom. The van der Waals surface area contributed by atoms with Crippen molar-refractivity contribution in [2.75, 3.05) is 13.1 Å². The fourth-order valence-electron chi connectivity index (χ4n) is 3.71. The van der Waals surface area contributed by atoms with Gasteiger partial charge in [-0.2, -0.15) is 0 Å². The minimum absolute atomic E-state index is 0.0271. The molecule has 28 heavy (non-hydrogen) atoms. The van der Waals surface area contributed by atoms with Crippen LogP contribution in [0.25, 0.3) is 11.4 Å². The summed E-state index contributed by atoms with van der Waals surface area (Å²) in [5.41, 5.74) is 2.79. The predicted octanol–water partition coefficient (Wildman–Crippen LogP) is 4.02. The Hall–Kier alpha value is -3.08. The molecule has 0 spiro atoms. The summed E-state index contributed by atoms with van der Waals surface area (Å²) in [6, 6.07) is 14.4. The molecule has 1 amide bonds. The molecule has 5 nitrogen and oxygen atoms in total. The van der Waals surface area contributed by atoms with E-state index in [0.717, 1.165) is 37.9 Å². The molecule has 2 aromatic heterocycles. The minimum atomic E-state index is 0.0271. The molecular weight excluding hydrogens is 348 g/mol. The van der Waals surface area contributed by atoms with Crippen molar-refractivity contribution in [3.05, 3.63) is 78.4 Å². The summed E-state index contributed by atoms with van der Waals surface area (Å²) in [6.45, 7) is 1.62. The van der Waals surface area contributed by atoms with Crippen molar-refractivity contribution in [1.82, 2.24) is 19.9 Å². The molecule has 0 unspecified atom stereocenters.